The maximum Gasteiger partial charge on any atom is 0.0949 e. The molecule has 0 aliphatic heterocycles. The van der Waals surface area contributed by atoms with Gasteiger partial charge in [-0.25, -0.2) is 0 Å². The van der Waals surface area contributed by atoms with Crippen LogP contribution in [0.25, 0.3) is 0 Å². The van der Waals surface area contributed by atoms with Gasteiger partial charge in [0.1, 0.15) is 0 Å². The highest BCUT2D eigenvalue weighted by Gasteiger charge is 2.26. The Balaban J connectivity index is 0.00000242. The Kier molecular flexibility index (Phi) is 8.95. The summed E-state index contributed by atoms with van der Waals surface area (Å²) < 4.78 is 0. The Bertz CT molecular complexity index is 399. The number of nitrogens with zero attached hydrogens (tertiary/aromatic N) is 1. The van der Waals surface area contributed by atoms with Crippen molar-refractivity contribution in [3.05, 3.63) is 30.1 Å². The third-order valence-corrected chi connectivity index (χ3v) is 4.59. The van der Waals surface area contributed by atoms with E-state index in [1.165, 1.54) is 32.1 Å². The maximum absolute atomic E-state index is 10.2. The summed E-state index contributed by atoms with van der Waals surface area (Å²) in [6, 6.07) is 5.41. The first-order valence-corrected chi connectivity index (χ1v) is 8.18. The second kappa shape index (κ2) is 10.2. The van der Waals surface area contributed by atoms with E-state index in [0.29, 0.717) is 18.8 Å². The molecule has 0 unspecified atom stereocenters. The van der Waals surface area contributed by atoms with Gasteiger partial charge < -0.3 is 15.9 Å². The van der Waals surface area contributed by atoms with Crippen molar-refractivity contribution in [2.45, 2.75) is 69.6 Å². The van der Waals surface area contributed by atoms with E-state index < -0.39 is 12.2 Å². The standard InChI is InChI=1S/C17H28N2O2.ClH/c18-15(12-13-6-2-1-3-7-13)17(21)16(20)10-9-14-8-4-5-11-19-14;/h4-5,8,11,13,15-17,20-21H,1-3,6-7,9-10,12,18H2;1H/t15-,16-,17+;/m0./s1. The summed E-state index contributed by atoms with van der Waals surface area (Å²) >= 11 is 0. The fourth-order valence-corrected chi connectivity index (χ4v) is 3.25. The van der Waals surface area contributed by atoms with Gasteiger partial charge in [-0.05, 0) is 37.3 Å². The summed E-state index contributed by atoms with van der Waals surface area (Å²) in [5, 5.41) is 20.3. The van der Waals surface area contributed by atoms with E-state index in [1.807, 2.05) is 18.2 Å². The molecule has 1 saturated carbocycles. The molecule has 1 aliphatic carbocycles. The van der Waals surface area contributed by atoms with Crippen LogP contribution >= 0.6 is 12.4 Å². The molecule has 0 saturated heterocycles. The molecule has 4 N–H and O–H groups in total. The van der Waals surface area contributed by atoms with Crippen LogP contribution in [0.15, 0.2) is 24.4 Å². The van der Waals surface area contributed by atoms with E-state index in [1.54, 1.807) is 6.20 Å². The number of aliphatic hydroxyl groups is 2. The Labute approximate surface area is 139 Å². The van der Waals surface area contributed by atoms with Crippen LogP contribution in [-0.4, -0.2) is 33.4 Å². The zero-order valence-electron chi connectivity index (χ0n) is 13.1. The minimum Gasteiger partial charge on any atom is -0.390 e. The molecule has 0 spiro atoms. The van der Waals surface area contributed by atoms with Crippen molar-refractivity contribution in [3.63, 3.8) is 0 Å². The first-order valence-electron chi connectivity index (χ1n) is 8.18. The Morgan fingerprint density at radius 3 is 2.55 bits per heavy atom. The van der Waals surface area contributed by atoms with Gasteiger partial charge in [0.15, 0.2) is 0 Å². The summed E-state index contributed by atoms with van der Waals surface area (Å²) in [6.07, 6.45) is 8.41. The quantitative estimate of drug-likeness (QED) is 0.718. The van der Waals surface area contributed by atoms with Crippen molar-refractivity contribution in [2.24, 2.45) is 11.7 Å². The third-order valence-electron chi connectivity index (χ3n) is 4.59. The number of aromatic nitrogens is 1. The van der Waals surface area contributed by atoms with Gasteiger partial charge in [0.05, 0.1) is 12.2 Å². The molecule has 0 radical (unpaired) electrons. The predicted molar refractivity (Wildman–Crippen MR) is 91.0 cm³/mol. The smallest absolute Gasteiger partial charge is 0.0949 e. The van der Waals surface area contributed by atoms with E-state index in [2.05, 4.69) is 4.98 Å². The van der Waals surface area contributed by atoms with Crippen LogP contribution in [-0.2, 0) is 6.42 Å². The lowest BCUT2D eigenvalue weighted by molar-refractivity contribution is -0.00559. The van der Waals surface area contributed by atoms with E-state index in [9.17, 15) is 10.2 Å². The van der Waals surface area contributed by atoms with E-state index in [-0.39, 0.29) is 18.4 Å². The average Bonchev–Trinajstić information content (AvgIpc) is 2.53. The van der Waals surface area contributed by atoms with Crippen LogP contribution < -0.4 is 5.73 Å². The Morgan fingerprint density at radius 2 is 1.91 bits per heavy atom. The normalized spacial score (nSPS) is 20.0. The molecule has 3 atom stereocenters. The molecular weight excluding hydrogens is 300 g/mol. The van der Waals surface area contributed by atoms with Crippen molar-refractivity contribution >= 4 is 12.4 Å². The number of rotatable bonds is 7. The molecule has 1 aromatic heterocycles. The SMILES string of the molecule is Cl.N[C@@H](CC1CCCCC1)[C@@H](O)[C@@H](O)CCc1ccccn1. The molecule has 22 heavy (non-hydrogen) atoms. The topological polar surface area (TPSA) is 79.4 Å². The maximum atomic E-state index is 10.2. The van der Waals surface area contributed by atoms with Gasteiger partial charge in [0.2, 0.25) is 0 Å². The van der Waals surface area contributed by atoms with E-state index in [4.69, 9.17) is 5.73 Å². The first-order chi connectivity index (χ1) is 10.2. The van der Waals surface area contributed by atoms with Crippen molar-refractivity contribution in [2.75, 3.05) is 0 Å². The van der Waals surface area contributed by atoms with Crippen LogP contribution in [0.3, 0.4) is 0 Å². The van der Waals surface area contributed by atoms with Crippen LogP contribution in [0.1, 0.15) is 50.6 Å². The molecule has 1 aromatic rings. The molecule has 1 fully saturated rings. The highest BCUT2D eigenvalue weighted by Crippen LogP contribution is 2.28. The van der Waals surface area contributed by atoms with Crippen molar-refractivity contribution in [1.82, 2.24) is 4.98 Å². The lowest BCUT2D eigenvalue weighted by Gasteiger charge is -2.29. The zero-order valence-corrected chi connectivity index (χ0v) is 13.9. The van der Waals surface area contributed by atoms with Crippen molar-refractivity contribution in [1.29, 1.82) is 0 Å². The number of hydrogen-bond donors (Lipinski definition) is 3. The first kappa shape index (κ1) is 19.4. The largest absolute Gasteiger partial charge is 0.390 e. The molecule has 1 heterocycles. The van der Waals surface area contributed by atoms with Gasteiger partial charge >= 0.3 is 0 Å². The number of nitrogens with two attached hydrogens (primary N) is 1. The van der Waals surface area contributed by atoms with Gasteiger partial charge in [-0.2, -0.15) is 0 Å². The summed E-state index contributed by atoms with van der Waals surface area (Å²) in [6.45, 7) is 0. The van der Waals surface area contributed by atoms with E-state index >= 15 is 0 Å². The van der Waals surface area contributed by atoms with Crippen molar-refractivity contribution < 1.29 is 10.2 Å². The highest BCUT2D eigenvalue weighted by atomic mass is 35.5. The van der Waals surface area contributed by atoms with Crippen LogP contribution in [0.2, 0.25) is 0 Å². The third kappa shape index (κ3) is 6.21. The van der Waals surface area contributed by atoms with Gasteiger partial charge in [0, 0.05) is 17.9 Å². The molecule has 2 rings (SSSR count). The summed E-state index contributed by atoms with van der Waals surface area (Å²) in [7, 11) is 0. The lowest BCUT2D eigenvalue weighted by atomic mass is 9.83. The van der Waals surface area contributed by atoms with Gasteiger partial charge in [-0.1, -0.05) is 38.2 Å². The molecule has 0 aromatic carbocycles. The second-order valence-corrected chi connectivity index (χ2v) is 6.32. The van der Waals surface area contributed by atoms with Crippen molar-refractivity contribution in [3.8, 4) is 0 Å². The Hall–Kier alpha value is -0.680. The second-order valence-electron chi connectivity index (χ2n) is 6.32. The molecule has 126 valence electrons. The number of pyridine rings is 1. The monoisotopic (exact) mass is 328 g/mol. The fraction of sp³-hybridized carbons (Fsp3) is 0.706. The van der Waals surface area contributed by atoms with Gasteiger partial charge in [-0.15, -0.1) is 12.4 Å². The summed E-state index contributed by atoms with van der Waals surface area (Å²) in [5.41, 5.74) is 7.03. The molecular formula is C17H29ClN2O2. The summed E-state index contributed by atoms with van der Waals surface area (Å²) in [4.78, 5) is 4.22. The average molecular weight is 329 g/mol. The van der Waals surface area contributed by atoms with E-state index in [0.717, 1.165) is 12.1 Å². The number of aliphatic hydroxyl groups excluding tert-OH is 2. The number of aryl methyl sites for hydroxylation is 1. The number of halogens is 1. The minimum atomic E-state index is -0.837. The minimum absolute atomic E-state index is 0. The fourth-order valence-electron chi connectivity index (χ4n) is 3.25. The molecule has 0 bridgehead atoms. The van der Waals surface area contributed by atoms with Gasteiger partial charge in [-0.3, -0.25) is 4.98 Å². The molecule has 4 nitrogen and oxygen atoms in total. The lowest BCUT2D eigenvalue weighted by Crippen LogP contribution is -2.44. The van der Waals surface area contributed by atoms with Crippen LogP contribution in [0, 0.1) is 5.92 Å². The summed E-state index contributed by atoms with van der Waals surface area (Å²) in [5.74, 6) is 0.617. The van der Waals surface area contributed by atoms with Gasteiger partial charge in [0.25, 0.3) is 0 Å². The number of hydrogen-bond acceptors (Lipinski definition) is 4. The zero-order chi connectivity index (χ0) is 15.1. The van der Waals surface area contributed by atoms with Crippen LogP contribution in [0.4, 0.5) is 0 Å². The highest BCUT2D eigenvalue weighted by molar-refractivity contribution is 5.85. The molecule has 5 heteroatoms. The van der Waals surface area contributed by atoms with Crippen LogP contribution in [0.5, 0.6) is 0 Å². The molecule has 0 amide bonds. The predicted octanol–water partition coefficient (Wildman–Crippen LogP) is 2.46. The Morgan fingerprint density at radius 1 is 1.18 bits per heavy atom. The molecule has 1 aliphatic rings.